The number of aromatic nitrogens is 2. The van der Waals surface area contributed by atoms with Gasteiger partial charge in [-0.2, -0.15) is 0 Å². The highest BCUT2D eigenvalue weighted by Gasteiger charge is 2.15. The SMILES string of the molecule is CCc1ccc(S(=O)(=O)Nc2cccc(-c3ccc(N4CCCCCC4)nn3)c2)cc1. The van der Waals surface area contributed by atoms with Crippen molar-refractivity contribution in [2.75, 3.05) is 22.7 Å². The van der Waals surface area contributed by atoms with Gasteiger partial charge in [0.2, 0.25) is 0 Å². The lowest BCUT2D eigenvalue weighted by Gasteiger charge is -2.20. The van der Waals surface area contributed by atoms with E-state index in [0.29, 0.717) is 11.4 Å². The molecule has 0 atom stereocenters. The fourth-order valence-corrected chi connectivity index (χ4v) is 4.86. The Labute approximate surface area is 184 Å². The van der Waals surface area contributed by atoms with Gasteiger partial charge in [0.15, 0.2) is 5.82 Å². The minimum absolute atomic E-state index is 0.247. The van der Waals surface area contributed by atoms with Crippen LogP contribution in [0.2, 0.25) is 0 Å². The van der Waals surface area contributed by atoms with E-state index in [2.05, 4.69) is 19.8 Å². The molecule has 0 amide bonds. The third-order valence-electron chi connectivity index (χ3n) is 5.63. The normalized spacial score (nSPS) is 14.8. The molecule has 0 bridgehead atoms. The van der Waals surface area contributed by atoms with Crippen LogP contribution in [-0.2, 0) is 16.4 Å². The Morgan fingerprint density at radius 2 is 1.65 bits per heavy atom. The van der Waals surface area contributed by atoms with Gasteiger partial charge in [0.1, 0.15) is 0 Å². The molecule has 3 aromatic rings. The zero-order chi connectivity index (χ0) is 21.7. The molecule has 4 rings (SSSR count). The van der Waals surface area contributed by atoms with Crippen molar-refractivity contribution in [2.45, 2.75) is 43.9 Å². The maximum Gasteiger partial charge on any atom is 0.261 e. The Bertz CT molecular complexity index is 1110. The van der Waals surface area contributed by atoms with Crippen LogP contribution in [0.4, 0.5) is 11.5 Å². The van der Waals surface area contributed by atoms with Crippen LogP contribution in [0.5, 0.6) is 0 Å². The van der Waals surface area contributed by atoms with E-state index in [4.69, 9.17) is 0 Å². The van der Waals surface area contributed by atoms with Gasteiger partial charge < -0.3 is 4.90 Å². The number of nitrogens with one attached hydrogen (secondary N) is 1. The first-order valence-electron chi connectivity index (χ1n) is 10.9. The number of benzene rings is 2. The summed E-state index contributed by atoms with van der Waals surface area (Å²) in [5.41, 5.74) is 3.13. The van der Waals surface area contributed by atoms with Crippen LogP contribution in [0.1, 0.15) is 38.2 Å². The lowest BCUT2D eigenvalue weighted by Crippen LogP contribution is -2.25. The van der Waals surface area contributed by atoms with E-state index in [1.54, 1.807) is 24.3 Å². The van der Waals surface area contributed by atoms with Crippen molar-refractivity contribution in [3.8, 4) is 11.3 Å². The van der Waals surface area contributed by atoms with Crippen molar-refractivity contribution in [3.05, 3.63) is 66.2 Å². The smallest absolute Gasteiger partial charge is 0.261 e. The van der Waals surface area contributed by atoms with E-state index >= 15 is 0 Å². The summed E-state index contributed by atoms with van der Waals surface area (Å²) in [6.45, 7) is 4.08. The van der Waals surface area contributed by atoms with Crippen LogP contribution in [-0.4, -0.2) is 31.7 Å². The molecule has 2 heterocycles. The molecule has 0 unspecified atom stereocenters. The van der Waals surface area contributed by atoms with Crippen LogP contribution >= 0.6 is 0 Å². The Kier molecular flexibility index (Phi) is 6.51. The molecular formula is C24H28N4O2S. The Hall–Kier alpha value is -2.93. The number of anilines is 2. The quantitative estimate of drug-likeness (QED) is 0.596. The highest BCUT2D eigenvalue weighted by molar-refractivity contribution is 7.92. The van der Waals surface area contributed by atoms with Crippen LogP contribution in [0.3, 0.4) is 0 Å². The van der Waals surface area contributed by atoms with Gasteiger partial charge in [0, 0.05) is 24.3 Å². The van der Waals surface area contributed by atoms with Crippen molar-refractivity contribution >= 4 is 21.5 Å². The van der Waals surface area contributed by atoms with E-state index in [-0.39, 0.29) is 4.90 Å². The van der Waals surface area contributed by atoms with Gasteiger partial charge in [-0.3, -0.25) is 4.72 Å². The molecule has 1 N–H and O–H groups in total. The van der Waals surface area contributed by atoms with Crippen molar-refractivity contribution in [3.63, 3.8) is 0 Å². The maximum atomic E-state index is 12.8. The van der Waals surface area contributed by atoms with E-state index in [9.17, 15) is 8.42 Å². The summed E-state index contributed by atoms with van der Waals surface area (Å²) in [6, 6.07) is 18.1. The van der Waals surface area contributed by atoms with E-state index in [1.807, 2.05) is 43.3 Å². The molecule has 1 fully saturated rings. The molecule has 31 heavy (non-hydrogen) atoms. The van der Waals surface area contributed by atoms with Gasteiger partial charge in [0.25, 0.3) is 10.0 Å². The minimum Gasteiger partial charge on any atom is -0.355 e. The molecule has 0 radical (unpaired) electrons. The summed E-state index contributed by atoms with van der Waals surface area (Å²) in [4.78, 5) is 2.54. The topological polar surface area (TPSA) is 75.2 Å². The zero-order valence-corrected chi connectivity index (χ0v) is 18.6. The van der Waals surface area contributed by atoms with E-state index in [1.165, 1.54) is 25.7 Å². The van der Waals surface area contributed by atoms with Crippen LogP contribution in [0, 0.1) is 0 Å². The summed E-state index contributed by atoms with van der Waals surface area (Å²) >= 11 is 0. The van der Waals surface area contributed by atoms with Crippen LogP contribution < -0.4 is 9.62 Å². The third-order valence-corrected chi connectivity index (χ3v) is 7.03. The van der Waals surface area contributed by atoms with Crippen LogP contribution in [0.15, 0.2) is 65.6 Å². The Balaban J connectivity index is 1.51. The number of rotatable bonds is 6. The average Bonchev–Trinajstić information content (AvgIpc) is 3.09. The first-order chi connectivity index (χ1) is 15.0. The zero-order valence-electron chi connectivity index (χ0n) is 17.8. The first-order valence-corrected chi connectivity index (χ1v) is 12.3. The molecule has 1 aliphatic heterocycles. The molecule has 2 aromatic carbocycles. The summed E-state index contributed by atoms with van der Waals surface area (Å²) in [5, 5.41) is 8.83. The van der Waals surface area contributed by atoms with E-state index in [0.717, 1.165) is 36.5 Å². The standard InChI is InChI=1S/C24H28N4O2S/c1-2-19-10-12-22(13-11-19)31(29,30)27-21-9-7-8-20(18-21)23-14-15-24(26-25-23)28-16-5-3-4-6-17-28/h7-15,18,27H,2-6,16-17H2,1H3. The number of nitrogens with zero attached hydrogens (tertiary/aromatic N) is 3. The fraction of sp³-hybridized carbons (Fsp3) is 0.333. The average molecular weight is 437 g/mol. The van der Waals surface area contributed by atoms with Crippen molar-refractivity contribution < 1.29 is 8.42 Å². The maximum absolute atomic E-state index is 12.8. The van der Waals surface area contributed by atoms with Gasteiger partial charge in [-0.15, -0.1) is 10.2 Å². The summed E-state index contributed by atoms with van der Waals surface area (Å²) < 4.78 is 28.2. The summed E-state index contributed by atoms with van der Waals surface area (Å²) in [5.74, 6) is 0.901. The van der Waals surface area contributed by atoms with Crippen LogP contribution in [0.25, 0.3) is 11.3 Å². The molecule has 0 aliphatic carbocycles. The monoisotopic (exact) mass is 436 g/mol. The Morgan fingerprint density at radius 1 is 0.903 bits per heavy atom. The molecule has 1 saturated heterocycles. The molecule has 1 aliphatic rings. The number of aryl methyl sites for hydroxylation is 1. The Morgan fingerprint density at radius 3 is 2.29 bits per heavy atom. The highest BCUT2D eigenvalue weighted by Crippen LogP contribution is 2.24. The molecule has 7 heteroatoms. The molecule has 162 valence electrons. The second-order valence-electron chi connectivity index (χ2n) is 7.86. The number of hydrogen-bond donors (Lipinski definition) is 1. The highest BCUT2D eigenvalue weighted by atomic mass is 32.2. The van der Waals surface area contributed by atoms with Gasteiger partial charge in [-0.25, -0.2) is 8.42 Å². The molecule has 0 spiro atoms. The summed E-state index contributed by atoms with van der Waals surface area (Å²) in [7, 11) is -3.65. The predicted octanol–water partition coefficient (Wildman–Crippen LogP) is 4.89. The predicted molar refractivity (Wildman–Crippen MR) is 125 cm³/mol. The van der Waals surface area contributed by atoms with Crippen molar-refractivity contribution in [1.29, 1.82) is 0 Å². The van der Waals surface area contributed by atoms with Crippen molar-refractivity contribution in [1.82, 2.24) is 10.2 Å². The largest absolute Gasteiger partial charge is 0.355 e. The third kappa shape index (κ3) is 5.22. The lowest BCUT2D eigenvalue weighted by molar-refractivity contribution is 0.601. The number of hydrogen-bond acceptors (Lipinski definition) is 5. The van der Waals surface area contributed by atoms with Crippen molar-refractivity contribution in [2.24, 2.45) is 0 Å². The minimum atomic E-state index is -3.65. The molecular weight excluding hydrogens is 408 g/mol. The molecule has 0 saturated carbocycles. The second kappa shape index (κ2) is 9.47. The van der Waals surface area contributed by atoms with Gasteiger partial charge in [-0.1, -0.05) is 44.0 Å². The molecule has 6 nitrogen and oxygen atoms in total. The summed E-state index contributed by atoms with van der Waals surface area (Å²) in [6.07, 6.45) is 5.79. The second-order valence-corrected chi connectivity index (χ2v) is 9.54. The van der Waals surface area contributed by atoms with Gasteiger partial charge in [-0.05, 0) is 61.2 Å². The van der Waals surface area contributed by atoms with E-state index < -0.39 is 10.0 Å². The lowest BCUT2D eigenvalue weighted by atomic mass is 10.1. The van der Waals surface area contributed by atoms with Gasteiger partial charge >= 0.3 is 0 Å². The van der Waals surface area contributed by atoms with Gasteiger partial charge in [0.05, 0.1) is 10.6 Å². The molecule has 1 aromatic heterocycles. The fourth-order valence-electron chi connectivity index (χ4n) is 3.81. The number of sulfonamides is 1. The first kappa shape index (κ1) is 21.3.